The third-order valence-electron chi connectivity index (χ3n) is 15.9. The maximum Gasteiger partial charge on any atom is 0.0541 e. The number of para-hydroxylation sites is 2. The normalized spacial score (nSPS) is 13.8. The second-order valence-corrected chi connectivity index (χ2v) is 19.7. The number of aryl methyl sites for hydroxylation is 1. The molecule has 332 valence electrons. The van der Waals surface area contributed by atoms with Gasteiger partial charge in [-0.05, 0) is 163 Å². The molecular weight excluding hydrogens is 857 g/mol. The van der Waals surface area contributed by atoms with Crippen molar-refractivity contribution in [2.24, 2.45) is 0 Å². The van der Waals surface area contributed by atoms with E-state index in [9.17, 15) is 0 Å². The maximum absolute atomic E-state index is 2.48. The summed E-state index contributed by atoms with van der Waals surface area (Å²) in [6.07, 6.45) is 11.3. The second kappa shape index (κ2) is 15.5. The van der Waals surface area contributed by atoms with E-state index in [1.807, 2.05) is 0 Å². The molecular formula is C69H46N2. The molecule has 71 heavy (non-hydrogen) atoms. The highest BCUT2D eigenvalue weighted by Gasteiger charge is 2.48. The van der Waals surface area contributed by atoms with Gasteiger partial charge in [0.15, 0.2) is 0 Å². The van der Waals surface area contributed by atoms with Crippen molar-refractivity contribution in [2.45, 2.75) is 18.3 Å². The van der Waals surface area contributed by atoms with Crippen LogP contribution in [0.5, 0.6) is 0 Å². The van der Waals surface area contributed by atoms with Gasteiger partial charge in [0.1, 0.15) is 0 Å². The number of nitrogens with zero attached hydrogens (tertiary/aromatic N) is 2. The molecule has 0 amide bonds. The van der Waals surface area contributed by atoms with E-state index in [4.69, 9.17) is 0 Å². The molecule has 2 aromatic heterocycles. The summed E-state index contributed by atoms with van der Waals surface area (Å²) >= 11 is 0. The summed E-state index contributed by atoms with van der Waals surface area (Å²) in [5.41, 5.74) is 20.3. The summed E-state index contributed by atoms with van der Waals surface area (Å²) in [4.78, 5) is 0. The van der Waals surface area contributed by atoms with E-state index in [1.54, 1.807) is 0 Å². The smallest absolute Gasteiger partial charge is 0.0541 e. The van der Waals surface area contributed by atoms with E-state index in [0.29, 0.717) is 0 Å². The average molecular weight is 903 g/mol. The molecule has 2 heterocycles. The molecule has 13 aromatic rings. The summed E-state index contributed by atoms with van der Waals surface area (Å²) in [6.45, 7) is 0. The fourth-order valence-electron chi connectivity index (χ4n) is 12.6. The molecule has 15 rings (SSSR count). The summed E-state index contributed by atoms with van der Waals surface area (Å²) in [7, 11) is 0. The highest BCUT2D eigenvalue weighted by molar-refractivity contribution is 6.11. The van der Waals surface area contributed by atoms with Gasteiger partial charge >= 0.3 is 0 Å². The molecule has 0 saturated heterocycles. The molecule has 0 fully saturated rings. The van der Waals surface area contributed by atoms with Gasteiger partial charge in [0.25, 0.3) is 0 Å². The van der Waals surface area contributed by atoms with Crippen molar-refractivity contribution < 1.29 is 0 Å². The van der Waals surface area contributed by atoms with E-state index in [-0.39, 0.29) is 5.41 Å². The Morgan fingerprint density at radius 3 is 1.27 bits per heavy atom. The van der Waals surface area contributed by atoms with Gasteiger partial charge in [-0.15, -0.1) is 0 Å². The van der Waals surface area contributed by atoms with Crippen molar-refractivity contribution in [3.8, 4) is 22.5 Å². The lowest BCUT2D eigenvalue weighted by Gasteiger charge is -2.29. The Bertz CT molecular complexity index is 4160. The minimum Gasteiger partial charge on any atom is -0.309 e. The Morgan fingerprint density at radius 1 is 0.310 bits per heavy atom. The lowest BCUT2D eigenvalue weighted by atomic mass is 9.73. The quantitative estimate of drug-likeness (QED) is 0.147. The first-order valence-corrected chi connectivity index (χ1v) is 24.9. The molecule has 2 aliphatic rings. The number of rotatable bonds is 6. The Balaban J connectivity index is 0.778. The van der Waals surface area contributed by atoms with Crippen LogP contribution in [0.15, 0.2) is 231 Å². The fraction of sp³-hybridized carbons (Fsp3) is 0.0435. The Morgan fingerprint density at radius 2 is 0.732 bits per heavy atom. The highest BCUT2D eigenvalue weighted by Crippen LogP contribution is 2.58. The topological polar surface area (TPSA) is 9.86 Å². The molecule has 0 radical (unpaired) electrons. The molecule has 0 aliphatic heterocycles. The zero-order valence-electron chi connectivity index (χ0n) is 39.1. The zero-order valence-corrected chi connectivity index (χ0v) is 39.1. The van der Waals surface area contributed by atoms with Crippen molar-refractivity contribution >= 4 is 89.5 Å². The number of hydrogen-bond acceptors (Lipinski definition) is 0. The zero-order chi connectivity index (χ0) is 46.6. The van der Waals surface area contributed by atoms with Crippen LogP contribution in [0.2, 0.25) is 0 Å². The van der Waals surface area contributed by atoms with Gasteiger partial charge in [0.05, 0.1) is 22.1 Å². The molecule has 11 aromatic carbocycles. The Hall–Kier alpha value is -8.98. The molecule has 0 saturated carbocycles. The van der Waals surface area contributed by atoms with Gasteiger partial charge in [0.2, 0.25) is 0 Å². The van der Waals surface area contributed by atoms with Crippen LogP contribution in [0, 0.1) is 0 Å². The first kappa shape index (κ1) is 40.0. The molecule has 1 spiro atoms. The van der Waals surface area contributed by atoms with Crippen molar-refractivity contribution in [2.75, 3.05) is 0 Å². The molecule has 0 atom stereocenters. The summed E-state index contributed by atoms with van der Waals surface area (Å²) in [6, 6.07) is 85.8. The first-order chi connectivity index (χ1) is 35.1. The minimum absolute atomic E-state index is 0.206. The Kier molecular flexibility index (Phi) is 8.73. The van der Waals surface area contributed by atoms with Crippen LogP contribution in [0.4, 0.5) is 0 Å². The monoisotopic (exact) mass is 902 g/mol. The largest absolute Gasteiger partial charge is 0.309 e. The third-order valence-corrected chi connectivity index (χ3v) is 15.9. The molecule has 2 aliphatic carbocycles. The summed E-state index contributed by atoms with van der Waals surface area (Å²) in [5, 5.41) is 10.0. The number of aromatic nitrogens is 2. The van der Waals surface area contributed by atoms with Gasteiger partial charge in [-0.3, -0.25) is 0 Å². The van der Waals surface area contributed by atoms with Crippen molar-refractivity contribution in [3.05, 3.63) is 275 Å². The summed E-state index contributed by atoms with van der Waals surface area (Å²) < 4.78 is 4.82. The number of fused-ring (bicyclic) bond motifs is 15. The maximum atomic E-state index is 2.48. The van der Waals surface area contributed by atoms with Crippen molar-refractivity contribution in [3.63, 3.8) is 0 Å². The highest BCUT2D eigenvalue weighted by atomic mass is 15.0. The van der Waals surface area contributed by atoms with Crippen LogP contribution < -0.4 is 0 Å². The fourth-order valence-corrected chi connectivity index (χ4v) is 12.6. The van der Waals surface area contributed by atoms with Gasteiger partial charge in [-0.2, -0.15) is 0 Å². The lowest BCUT2D eigenvalue weighted by molar-refractivity contribution is 0.626. The van der Waals surface area contributed by atoms with E-state index < -0.39 is 0 Å². The third kappa shape index (κ3) is 6.14. The van der Waals surface area contributed by atoms with Gasteiger partial charge in [-0.1, -0.05) is 182 Å². The van der Waals surface area contributed by atoms with E-state index in [1.165, 1.54) is 132 Å². The molecule has 2 nitrogen and oxygen atoms in total. The molecule has 2 heteroatoms. The standard InChI is InChI=1S/C69H46N2/c1-3-14-52-43-54(31-29-49(52)11-1)70-65-19-9-6-16-58(65)60-39-45(27-35-67(60)70)21-23-47-25-33-56-57-34-26-48(42-64(57)69(63(56)41-47)38-37-51-13-5-8-18-62(51)69)24-22-46-28-36-68-61(40-46)59-17-7-10-20-66(59)71(68)55-32-30-50-12-2-4-15-53(50)44-55/h1-36,39-44H,37-38H2/b23-21+,24-22+. The number of benzene rings is 11. The van der Waals surface area contributed by atoms with Gasteiger partial charge in [-0.25, -0.2) is 0 Å². The molecule has 0 N–H and O–H groups in total. The molecule has 0 bridgehead atoms. The van der Waals surface area contributed by atoms with Crippen LogP contribution >= 0.6 is 0 Å². The predicted octanol–water partition coefficient (Wildman–Crippen LogP) is 17.8. The first-order valence-electron chi connectivity index (χ1n) is 24.9. The SMILES string of the molecule is C(=C\c1ccc2c(c1)c1ccccc1n2-c1ccc2ccccc2c1)/c1ccc2c(c1)C1(CCc3ccccc31)c1cc(/C=C/c3ccc4c(c3)c3ccccc3n4-c3ccc4ccccc4c3)ccc1-2. The van der Waals surface area contributed by atoms with E-state index in [0.717, 1.165) is 12.8 Å². The van der Waals surface area contributed by atoms with Crippen LogP contribution in [0.3, 0.4) is 0 Å². The van der Waals surface area contributed by atoms with Crippen LogP contribution in [0.1, 0.15) is 50.9 Å². The second-order valence-electron chi connectivity index (χ2n) is 19.7. The summed E-state index contributed by atoms with van der Waals surface area (Å²) in [5.74, 6) is 0. The van der Waals surface area contributed by atoms with Crippen LogP contribution in [-0.2, 0) is 11.8 Å². The van der Waals surface area contributed by atoms with Crippen LogP contribution in [0.25, 0.3) is 112 Å². The van der Waals surface area contributed by atoms with Gasteiger partial charge in [0, 0.05) is 38.3 Å². The van der Waals surface area contributed by atoms with E-state index in [2.05, 4.69) is 264 Å². The molecule has 0 unspecified atom stereocenters. The van der Waals surface area contributed by atoms with Crippen molar-refractivity contribution in [1.82, 2.24) is 9.13 Å². The average Bonchev–Trinajstić information content (AvgIpc) is 4.16. The lowest BCUT2D eigenvalue weighted by Crippen LogP contribution is -2.23. The van der Waals surface area contributed by atoms with Crippen LogP contribution in [-0.4, -0.2) is 9.13 Å². The van der Waals surface area contributed by atoms with E-state index >= 15 is 0 Å². The van der Waals surface area contributed by atoms with Gasteiger partial charge < -0.3 is 9.13 Å². The van der Waals surface area contributed by atoms with Crippen molar-refractivity contribution in [1.29, 1.82) is 0 Å². The Labute approximate surface area is 412 Å². The minimum atomic E-state index is -0.206. The predicted molar refractivity (Wildman–Crippen MR) is 301 cm³/mol. The number of hydrogen-bond donors (Lipinski definition) is 0.